The Bertz CT molecular complexity index is 665. The molecular weight excluding hydrogens is 297 g/mol. The van der Waals surface area contributed by atoms with E-state index in [-0.39, 0.29) is 21.6 Å². The molecule has 1 aromatic carbocycles. The molecule has 0 aliphatic carbocycles. The third-order valence-corrected chi connectivity index (χ3v) is 3.21. The van der Waals surface area contributed by atoms with Gasteiger partial charge >= 0.3 is 11.7 Å². The van der Waals surface area contributed by atoms with Gasteiger partial charge in [-0.05, 0) is 18.2 Å². The standard InChI is InChI=1S/C10H7ClFN3O3S/c11-5-1-6(12)3-7(2-5)15-9(18)13-14-10(15)19-4-8(16)17/h1-3H,4H2,(H,13,18)(H,16,17). The van der Waals surface area contributed by atoms with E-state index in [0.717, 1.165) is 28.5 Å². The van der Waals surface area contributed by atoms with Gasteiger partial charge in [-0.25, -0.2) is 18.9 Å². The highest BCUT2D eigenvalue weighted by Crippen LogP contribution is 2.21. The summed E-state index contributed by atoms with van der Waals surface area (Å²) in [5, 5.41) is 14.7. The quantitative estimate of drug-likeness (QED) is 0.836. The summed E-state index contributed by atoms with van der Waals surface area (Å²) in [7, 11) is 0. The summed E-state index contributed by atoms with van der Waals surface area (Å²) in [5.74, 6) is -1.93. The zero-order valence-corrected chi connectivity index (χ0v) is 10.8. The monoisotopic (exact) mass is 303 g/mol. The van der Waals surface area contributed by atoms with Gasteiger partial charge < -0.3 is 5.11 Å². The third kappa shape index (κ3) is 3.15. The van der Waals surface area contributed by atoms with E-state index < -0.39 is 17.5 Å². The lowest BCUT2D eigenvalue weighted by atomic mass is 10.3. The van der Waals surface area contributed by atoms with Crippen molar-refractivity contribution in [1.29, 1.82) is 0 Å². The van der Waals surface area contributed by atoms with Crippen molar-refractivity contribution in [2.45, 2.75) is 5.16 Å². The van der Waals surface area contributed by atoms with Crippen LogP contribution >= 0.6 is 23.4 Å². The van der Waals surface area contributed by atoms with Crippen LogP contribution < -0.4 is 5.69 Å². The van der Waals surface area contributed by atoms with Crippen molar-refractivity contribution in [1.82, 2.24) is 14.8 Å². The first kappa shape index (κ1) is 13.6. The van der Waals surface area contributed by atoms with Crippen molar-refractivity contribution in [3.8, 4) is 5.69 Å². The molecule has 0 saturated carbocycles. The van der Waals surface area contributed by atoms with Crippen molar-refractivity contribution in [2.24, 2.45) is 0 Å². The highest BCUT2D eigenvalue weighted by molar-refractivity contribution is 7.99. The molecule has 9 heteroatoms. The molecule has 0 bridgehead atoms. The van der Waals surface area contributed by atoms with E-state index in [1.807, 2.05) is 0 Å². The molecule has 0 aliphatic rings. The fraction of sp³-hybridized carbons (Fsp3) is 0.100. The Labute approximate surface area is 115 Å². The van der Waals surface area contributed by atoms with Crippen LogP contribution in [0.4, 0.5) is 4.39 Å². The Hall–Kier alpha value is -1.80. The molecule has 1 heterocycles. The Morgan fingerprint density at radius 3 is 2.89 bits per heavy atom. The first-order chi connectivity index (χ1) is 8.97. The number of halogens is 2. The van der Waals surface area contributed by atoms with Gasteiger partial charge in [0.1, 0.15) is 5.82 Å². The molecule has 100 valence electrons. The number of aromatic amines is 1. The number of rotatable bonds is 4. The molecule has 0 atom stereocenters. The molecule has 2 rings (SSSR count). The second-order valence-corrected chi connectivity index (χ2v) is 4.84. The number of hydrogen-bond acceptors (Lipinski definition) is 4. The average Bonchev–Trinajstić information content (AvgIpc) is 2.66. The van der Waals surface area contributed by atoms with Gasteiger partial charge in [-0.3, -0.25) is 4.79 Å². The van der Waals surface area contributed by atoms with Crippen LogP contribution in [0.1, 0.15) is 0 Å². The number of carbonyl (C=O) groups is 1. The molecule has 0 radical (unpaired) electrons. The van der Waals surface area contributed by atoms with E-state index in [1.54, 1.807) is 0 Å². The van der Waals surface area contributed by atoms with E-state index in [9.17, 15) is 14.0 Å². The molecular formula is C10H7ClFN3O3S. The molecule has 0 spiro atoms. The van der Waals surface area contributed by atoms with E-state index in [4.69, 9.17) is 16.7 Å². The number of hydrogen-bond donors (Lipinski definition) is 2. The lowest BCUT2D eigenvalue weighted by molar-refractivity contribution is -0.133. The molecule has 1 aromatic heterocycles. The topological polar surface area (TPSA) is 88.0 Å². The van der Waals surface area contributed by atoms with Crippen LogP contribution in [0.15, 0.2) is 28.2 Å². The molecule has 0 aliphatic heterocycles. The van der Waals surface area contributed by atoms with Crippen LogP contribution in [-0.4, -0.2) is 31.6 Å². The van der Waals surface area contributed by atoms with Crippen LogP contribution in [0.2, 0.25) is 5.02 Å². The number of H-pyrrole nitrogens is 1. The lowest BCUT2D eigenvalue weighted by Crippen LogP contribution is -2.16. The molecule has 2 aromatic rings. The van der Waals surface area contributed by atoms with Gasteiger partial charge in [0.15, 0.2) is 5.16 Å². The number of carboxylic acid groups (broad SMARTS) is 1. The van der Waals surface area contributed by atoms with Crippen molar-refractivity contribution in [2.75, 3.05) is 5.75 Å². The normalized spacial score (nSPS) is 10.6. The molecule has 0 saturated heterocycles. The Morgan fingerprint density at radius 2 is 2.26 bits per heavy atom. The zero-order chi connectivity index (χ0) is 14.0. The predicted octanol–water partition coefficient (Wildman–Crippen LogP) is 1.53. The Morgan fingerprint density at radius 1 is 1.53 bits per heavy atom. The number of carboxylic acids is 1. The molecule has 0 fully saturated rings. The Kier molecular flexibility index (Phi) is 3.91. The minimum Gasteiger partial charge on any atom is -0.481 e. The Balaban J connectivity index is 2.46. The number of benzene rings is 1. The average molecular weight is 304 g/mol. The summed E-state index contributed by atoms with van der Waals surface area (Å²) < 4.78 is 14.3. The fourth-order valence-electron chi connectivity index (χ4n) is 1.40. The molecule has 19 heavy (non-hydrogen) atoms. The molecule has 0 amide bonds. The minimum atomic E-state index is -1.05. The van der Waals surface area contributed by atoms with Crippen LogP contribution in [0.25, 0.3) is 5.69 Å². The summed E-state index contributed by atoms with van der Waals surface area (Å²) in [4.78, 5) is 22.1. The summed E-state index contributed by atoms with van der Waals surface area (Å²) in [6, 6.07) is 3.58. The third-order valence-electron chi connectivity index (χ3n) is 2.07. The molecule has 0 unspecified atom stereocenters. The van der Waals surface area contributed by atoms with E-state index >= 15 is 0 Å². The van der Waals surface area contributed by atoms with Crippen molar-refractivity contribution in [3.05, 3.63) is 39.5 Å². The van der Waals surface area contributed by atoms with Crippen molar-refractivity contribution >= 4 is 29.3 Å². The predicted molar refractivity (Wildman–Crippen MR) is 67.5 cm³/mol. The zero-order valence-electron chi connectivity index (χ0n) is 9.26. The first-order valence-corrected chi connectivity index (χ1v) is 6.32. The largest absolute Gasteiger partial charge is 0.481 e. The smallest absolute Gasteiger partial charge is 0.348 e. The maximum Gasteiger partial charge on any atom is 0.348 e. The maximum absolute atomic E-state index is 13.3. The van der Waals surface area contributed by atoms with E-state index in [0.29, 0.717) is 0 Å². The number of nitrogens with zero attached hydrogens (tertiary/aromatic N) is 2. The lowest BCUT2D eigenvalue weighted by Gasteiger charge is -2.05. The highest BCUT2D eigenvalue weighted by atomic mass is 35.5. The van der Waals surface area contributed by atoms with Gasteiger partial charge in [-0.1, -0.05) is 23.4 Å². The number of aliphatic carboxylic acids is 1. The number of thioether (sulfide) groups is 1. The first-order valence-electron chi connectivity index (χ1n) is 4.96. The van der Waals surface area contributed by atoms with Crippen LogP contribution in [0.5, 0.6) is 0 Å². The second kappa shape index (κ2) is 5.45. The summed E-state index contributed by atoms with van der Waals surface area (Å²) >= 11 is 6.55. The van der Waals surface area contributed by atoms with Gasteiger partial charge in [0.2, 0.25) is 0 Å². The van der Waals surface area contributed by atoms with Gasteiger partial charge in [-0.15, -0.1) is 5.10 Å². The number of aromatic nitrogens is 3. The van der Waals surface area contributed by atoms with Crippen LogP contribution in [-0.2, 0) is 4.79 Å². The second-order valence-electron chi connectivity index (χ2n) is 3.46. The molecule has 2 N–H and O–H groups in total. The van der Waals surface area contributed by atoms with Crippen LogP contribution in [0, 0.1) is 5.82 Å². The molecule has 6 nitrogen and oxygen atoms in total. The van der Waals surface area contributed by atoms with E-state index in [2.05, 4.69) is 10.2 Å². The van der Waals surface area contributed by atoms with Gasteiger partial charge in [0.05, 0.1) is 11.4 Å². The van der Waals surface area contributed by atoms with Gasteiger partial charge in [0.25, 0.3) is 0 Å². The van der Waals surface area contributed by atoms with Gasteiger partial charge in [-0.2, -0.15) is 0 Å². The van der Waals surface area contributed by atoms with Gasteiger partial charge in [0, 0.05) is 5.02 Å². The minimum absolute atomic E-state index is 0.120. The van der Waals surface area contributed by atoms with E-state index in [1.165, 1.54) is 6.07 Å². The summed E-state index contributed by atoms with van der Waals surface area (Å²) in [5.41, 5.74) is -0.425. The summed E-state index contributed by atoms with van der Waals surface area (Å²) in [6.45, 7) is 0. The number of nitrogens with one attached hydrogen (secondary N) is 1. The SMILES string of the molecule is O=C(O)CSc1n[nH]c(=O)n1-c1cc(F)cc(Cl)c1. The van der Waals surface area contributed by atoms with Crippen molar-refractivity contribution in [3.63, 3.8) is 0 Å². The summed E-state index contributed by atoms with van der Waals surface area (Å²) in [6.07, 6.45) is 0. The van der Waals surface area contributed by atoms with Crippen molar-refractivity contribution < 1.29 is 14.3 Å². The van der Waals surface area contributed by atoms with Crippen LogP contribution in [0.3, 0.4) is 0 Å². The maximum atomic E-state index is 13.3. The highest BCUT2D eigenvalue weighted by Gasteiger charge is 2.13. The fourth-order valence-corrected chi connectivity index (χ4v) is 2.30.